The lowest BCUT2D eigenvalue weighted by molar-refractivity contribution is 0.148. The second kappa shape index (κ2) is 7.90. The zero-order chi connectivity index (χ0) is 15.0. The van der Waals surface area contributed by atoms with Gasteiger partial charge in [0.15, 0.2) is 0 Å². The van der Waals surface area contributed by atoms with Crippen LogP contribution in [0.1, 0.15) is 39.2 Å². The van der Waals surface area contributed by atoms with E-state index >= 15 is 0 Å². The Morgan fingerprint density at radius 2 is 2.10 bits per heavy atom. The zero-order valence-corrected chi connectivity index (χ0v) is 12.7. The molecule has 0 saturated carbocycles. The van der Waals surface area contributed by atoms with E-state index in [1.54, 1.807) is 0 Å². The molecule has 0 bridgehead atoms. The minimum Gasteiger partial charge on any atom is -0.396 e. The number of carbonyl (C=O) groups is 1. The van der Waals surface area contributed by atoms with E-state index in [4.69, 9.17) is 5.11 Å². The van der Waals surface area contributed by atoms with Crippen LogP contribution >= 0.6 is 0 Å². The van der Waals surface area contributed by atoms with E-state index < -0.39 is 0 Å². The van der Waals surface area contributed by atoms with E-state index in [2.05, 4.69) is 17.6 Å². The molecule has 0 spiro atoms. The van der Waals surface area contributed by atoms with Gasteiger partial charge in [-0.25, -0.2) is 4.79 Å². The largest absolute Gasteiger partial charge is 0.396 e. The van der Waals surface area contributed by atoms with Crippen molar-refractivity contribution in [1.82, 2.24) is 5.32 Å². The van der Waals surface area contributed by atoms with Crippen LogP contribution in [0.5, 0.6) is 0 Å². The summed E-state index contributed by atoms with van der Waals surface area (Å²) in [7, 11) is 0. The SMILES string of the molecule is CCc1cccc(NC(=O)NCCCC(C)(C)CO)c1. The molecule has 3 N–H and O–H groups in total. The summed E-state index contributed by atoms with van der Waals surface area (Å²) < 4.78 is 0. The fraction of sp³-hybridized carbons (Fsp3) is 0.562. The standard InChI is InChI=1S/C16H26N2O2/c1-4-13-7-5-8-14(11-13)18-15(20)17-10-6-9-16(2,3)12-19/h5,7-8,11,19H,4,6,9-10,12H2,1-3H3,(H2,17,18,20). The Labute approximate surface area is 121 Å². The topological polar surface area (TPSA) is 61.4 Å². The van der Waals surface area contributed by atoms with Gasteiger partial charge in [0.25, 0.3) is 0 Å². The molecule has 112 valence electrons. The summed E-state index contributed by atoms with van der Waals surface area (Å²) >= 11 is 0. The highest BCUT2D eigenvalue weighted by atomic mass is 16.3. The third-order valence-corrected chi connectivity index (χ3v) is 3.34. The van der Waals surface area contributed by atoms with Gasteiger partial charge in [-0.05, 0) is 42.4 Å². The maximum absolute atomic E-state index is 11.7. The first-order valence-corrected chi connectivity index (χ1v) is 7.21. The maximum atomic E-state index is 11.7. The number of aliphatic hydroxyl groups excluding tert-OH is 1. The highest BCUT2D eigenvalue weighted by Gasteiger charge is 2.15. The number of hydrogen-bond donors (Lipinski definition) is 3. The van der Waals surface area contributed by atoms with Crippen molar-refractivity contribution >= 4 is 11.7 Å². The average Bonchev–Trinajstić information content (AvgIpc) is 2.44. The predicted octanol–water partition coefficient (Wildman–Crippen LogP) is 3.17. The second-order valence-corrected chi connectivity index (χ2v) is 5.86. The van der Waals surface area contributed by atoms with Gasteiger partial charge < -0.3 is 15.7 Å². The first-order valence-electron chi connectivity index (χ1n) is 7.21. The van der Waals surface area contributed by atoms with Gasteiger partial charge >= 0.3 is 6.03 Å². The van der Waals surface area contributed by atoms with Gasteiger partial charge in [-0.3, -0.25) is 0 Å². The third kappa shape index (κ3) is 6.06. The van der Waals surface area contributed by atoms with Crippen molar-refractivity contribution in [2.45, 2.75) is 40.0 Å². The molecule has 0 heterocycles. The summed E-state index contributed by atoms with van der Waals surface area (Å²) in [5, 5.41) is 14.8. The quantitative estimate of drug-likeness (QED) is 0.671. The number of rotatable bonds is 7. The van der Waals surface area contributed by atoms with Crippen molar-refractivity contribution in [3.05, 3.63) is 29.8 Å². The predicted molar refractivity (Wildman–Crippen MR) is 82.9 cm³/mol. The Bertz CT molecular complexity index is 430. The molecule has 4 nitrogen and oxygen atoms in total. The highest BCUT2D eigenvalue weighted by Crippen LogP contribution is 2.20. The Hall–Kier alpha value is -1.55. The second-order valence-electron chi connectivity index (χ2n) is 5.86. The van der Waals surface area contributed by atoms with E-state index in [0.717, 1.165) is 24.9 Å². The monoisotopic (exact) mass is 278 g/mol. The minimum absolute atomic E-state index is 0.0758. The van der Waals surface area contributed by atoms with Crippen LogP contribution in [-0.4, -0.2) is 24.3 Å². The van der Waals surface area contributed by atoms with Gasteiger partial charge in [-0.2, -0.15) is 0 Å². The fourth-order valence-electron chi connectivity index (χ4n) is 1.89. The smallest absolute Gasteiger partial charge is 0.319 e. The third-order valence-electron chi connectivity index (χ3n) is 3.34. The summed E-state index contributed by atoms with van der Waals surface area (Å²) in [6.45, 7) is 6.90. The summed E-state index contributed by atoms with van der Waals surface area (Å²) in [6.07, 6.45) is 2.69. The molecule has 2 amide bonds. The Balaban J connectivity index is 2.30. The van der Waals surface area contributed by atoms with Crippen LogP contribution in [0.3, 0.4) is 0 Å². The lowest BCUT2D eigenvalue weighted by Gasteiger charge is -2.21. The molecule has 0 fully saturated rings. The minimum atomic E-state index is -0.181. The number of hydrogen-bond acceptors (Lipinski definition) is 2. The van der Waals surface area contributed by atoms with Crippen molar-refractivity contribution in [3.8, 4) is 0 Å². The van der Waals surface area contributed by atoms with Crippen LogP contribution in [0.4, 0.5) is 10.5 Å². The average molecular weight is 278 g/mol. The first-order chi connectivity index (χ1) is 9.46. The Morgan fingerprint density at radius 1 is 1.35 bits per heavy atom. The van der Waals surface area contributed by atoms with E-state index in [1.807, 2.05) is 38.1 Å². The van der Waals surface area contributed by atoms with Crippen molar-refractivity contribution in [2.75, 3.05) is 18.5 Å². The van der Waals surface area contributed by atoms with Gasteiger partial charge in [0.1, 0.15) is 0 Å². The van der Waals surface area contributed by atoms with Crippen LogP contribution in [0.25, 0.3) is 0 Å². The zero-order valence-electron chi connectivity index (χ0n) is 12.7. The molecule has 0 aromatic heterocycles. The van der Waals surface area contributed by atoms with Crippen molar-refractivity contribution in [3.63, 3.8) is 0 Å². The van der Waals surface area contributed by atoms with Crippen LogP contribution < -0.4 is 10.6 Å². The molecule has 0 radical (unpaired) electrons. The number of amides is 2. The molecule has 0 saturated heterocycles. The fourth-order valence-corrected chi connectivity index (χ4v) is 1.89. The Kier molecular flexibility index (Phi) is 6.52. The summed E-state index contributed by atoms with van der Waals surface area (Å²) in [4.78, 5) is 11.7. The van der Waals surface area contributed by atoms with E-state index in [0.29, 0.717) is 6.54 Å². The molecule has 1 rings (SSSR count). The number of anilines is 1. The summed E-state index contributed by atoms with van der Waals surface area (Å²) in [5.41, 5.74) is 1.94. The number of urea groups is 1. The van der Waals surface area contributed by atoms with Gasteiger partial charge in [0.05, 0.1) is 0 Å². The van der Waals surface area contributed by atoms with E-state index in [1.165, 1.54) is 5.56 Å². The number of nitrogens with one attached hydrogen (secondary N) is 2. The van der Waals surface area contributed by atoms with Gasteiger partial charge in [-0.1, -0.05) is 32.9 Å². The molecule has 0 aliphatic rings. The van der Waals surface area contributed by atoms with Crippen LogP contribution in [-0.2, 0) is 6.42 Å². The Morgan fingerprint density at radius 3 is 2.75 bits per heavy atom. The van der Waals surface area contributed by atoms with E-state index in [-0.39, 0.29) is 18.1 Å². The molecule has 0 atom stereocenters. The van der Waals surface area contributed by atoms with Crippen LogP contribution in [0.15, 0.2) is 24.3 Å². The molecule has 4 heteroatoms. The number of aryl methyl sites for hydroxylation is 1. The lowest BCUT2D eigenvalue weighted by atomic mass is 9.89. The summed E-state index contributed by atoms with van der Waals surface area (Å²) in [6, 6.07) is 7.67. The lowest BCUT2D eigenvalue weighted by Crippen LogP contribution is -2.30. The molecule has 1 aromatic carbocycles. The highest BCUT2D eigenvalue weighted by molar-refractivity contribution is 5.89. The first kappa shape index (κ1) is 16.5. The molecule has 0 unspecified atom stereocenters. The molecule has 0 aliphatic heterocycles. The normalized spacial score (nSPS) is 11.2. The number of benzene rings is 1. The van der Waals surface area contributed by atoms with Gasteiger partial charge in [0.2, 0.25) is 0 Å². The molecular weight excluding hydrogens is 252 g/mol. The van der Waals surface area contributed by atoms with Crippen LogP contribution in [0.2, 0.25) is 0 Å². The number of carbonyl (C=O) groups excluding carboxylic acids is 1. The van der Waals surface area contributed by atoms with E-state index in [9.17, 15) is 4.79 Å². The molecule has 0 aliphatic carbocycles. The molecule has 1 aromatic rings. The van der Waals surface area contributed by atoms with Crippen molar-refractivity contribution in [1.29, 1.82) is 0 Å². The summed E-state index contributed by atoms with van der Waals surface area (Å²) in [5.74, 6) is 0. The van der Waals surface area contributed by atoms with Crippen molar-refractivity contribution in [2.24, 2.45) is 5.41 Å². The molecular formula is C16H26N2O2. The number of aliphatic hydroxyl groups is 1. The van der Waals surface area contributed by atoms with Crippen molar-refractivity contribution < 1.29 is 9.90 Å². The van der Waals surface area contributed by atoms with Crippen LogP contribution in [0, 0.1) is 5.41 Å². The van der Waals surface area contributed by atoms with Gasteiger partial charge in [-0.15, -0.1) is 0 Å². The maximum Gasteiger partial charge on any atom is 0.319 e. The van der Waals surface area contributed by atoms with Gasteiger partial charge in [0, 0.05) is 18.8 Å². The molecule has 20 heavy (non-hydrogen) atoms.